The molecule has 0 fully saturated rings. The number of hydrogen-bond acceptors (Lipinski definition) is 3. The van der Waals surface area contributed by atoms with Gasteiger partial charge in [0, 0.05) is 111 Å². The minimum Gasteiger partial charge on any atom is -0.310 e. The SMILES string of the molecule is CC1(C)c2cc(N(c3ccccc3)c3ccccc3)ccc2-c2ccc(-n3c4ccccc4c4ccccc43)cc21.Cc1ccc(N(c2ccccc2)c2ccc3c(c2)C(C)(C)c2cc(-n4c5ccccc5c5ccccc54)ccc2-3)cc1.c1ccc(-c2ccc(-c3ccc(N(c4ccc(-c5ccc(-c6ccccc6)cc5)cc4)c4ccc(-n5c6ccccc6c6ccccc65)c5ccccc45)cc3)cc2)cc1. The molecule has 143 heavy (non-hydrogen) atoms. The van der Waals surface area contributed by atoms with Crippen molar-refractivity contribution in [2.24, 2.45) is 0 Å². The number of hydrogen-bond donors (Lipinski definition) is 0. The Kier molecular flexibility index (Phi) is 21.8. The molecule has 0 unspecified atom stereocenters. The maximum Gasteiger partial charge on any atom is 0.0542 e. The molecule has 680 valence electrons. The molecular weight excluding hydrogens is 1730 g/mol. The first-order chi connectivity index (χ1) is 70.4. The van der Waals surface area contributed by atoms with Crippen LogP contribution in [0.4, 0.5) is 51.2 Å². The highest BCUT2D eigenvalue weighted by Crippen LogP contribution is 2.55. The third-order valence-corrected chi connectivity index (χ3v) is 29.7. The quantitative estimate of drug-likeness (QED) is 0.0964. The van der Waals surface area contributed by atoms with Gasteiger partial charge in [0.2, 0.25) is 0 Å². The van der Waals surface area contributed by atoms with Crippen molar-refractivity contribution in [1.82, 2.24) is 13.7 Å². The van der Waals surface area contributed by atoms with Crippen molar-refractivity contribution in [1.29, 1.82) is 0 Å². The molecule has 0 saturated carbocycles. The van der Waals surface area contributed by atoms with E-state index in [0.717, 1.165) is 45.5 Å². The molecule has 0 atom stereocenters. The van der Waals surface area contributed by atoms with Gasteiger partial charge in [0.1, 0.15) is 0 Å². The number of aromatic nitrogens is 3. The second-order valence-electron chi connectivity index (χ2n) is 38.8. The molecule has 6 heteroatoms. The van der Waals surface area contributed by atoms with E-state index in [1.807, 2.05) is 0 Å². The normalized spacial score (nSPS) is 12.5. The summed E-state index contributed by atoms with van der Waals surface area (Å²) in [6.45, 7) is 11.6. The minimum atomic E-state index is -0.148. The van der Waals surface area contributed by atoms with Gasteiger partial charge >= 0.3 is 0 Å². The number of nitrogens with zero attached hydrogens (tertiary/aromatic N) is 6. The molecule has 3 aromatic heterocycles. The molecule has 0 spiro atoms. The van der Waals surface area contributed by atoms with Crippen LogP contribution < -0.4 is 14.7 Å². The van der Waals surface area contributed by atoms with Crippen LogP contribution in [0.25, 0.3) is 160 Å². The molecular formula is C137H102N6. The molecule has 6 nitrogen and oxygen atoms in total. The van der Waals surface area contributed by atoms with E-state index < -0.39 is 0 Å². The lowest BCUT2D eigenvalue weighted by Crippen LogP contribution is -2.17. The lowest BCUT2D eigenvalue weighted by Gasteiger charge is -2.28. The van der Waals surface area contributed by atoms with Crippen LogP contribution in [0, 0.1) is 6.92 Å². The molecule has 3 heterocycles. The molecule has 2 aliphatic carbocycles. The van der Waals surface area contributed by atoms with E-state index in [2.05, 4.69) is 591 Å². The standard InChI is InChI=1S/C58H40N2.C40H32N2.C39H30N2/c1-3-13-41(14-4-1)43-23-27-45(28-24-43)47-31-35-49(36-32-47)59(50-37-33-48(34-38-50)46-29-25-44(26-30-46)42-15-5-2-6-16-42)57-39-40-58(54-18-8-7-17-53(54)57)60-55-21-11-9-19-51(55)52-20-10-12-22-56(52)60;1-27-17-19-29(20-18-27)41(28-11-5-4-6-12-28)30-21-23-32-33-24-22-31(26-37(33)40(2,3)36(32)25-30)42-38-15-9-7-13-34(38)35-14-8-10-16-39(35)42;1-39(2)35-25-29(40(27-13-5-3-6-14-27)28-15-7-4-8-16-28)21-23-31(35)32-24-22-30(26-36(32)39)41-37-19-11-9-17-33(37)34-18-10-12-20-38(34)41/h1-40H;4-26H,1-3H3;3-26H,1-2H3. The van der Waals surface area contributed by atoms with Crippen molar-refractivity contribution < 1.29 is 0 Å². The summed E-state index contributed by atoms with van der Waals surface area (Å²) in [6.07, 6.45) is 0. The highest BCUT2D eigenvalue weighted by Gasteiger charge is 2.39. The first kappa shape index (κ1) is 86.5. The summed E-state index contributed by atoms with van der Waals surface area (Å²) in [5.41, 5.74) is 42.6. The monoisotopic (exact) mass is 1830 g/mol. The highest BCUT2D eigenvalue weighted by atomic mass is 15.2. The van der Waals surface area contributed by atoms with Crippen LogP contribution in [0.5, 0.6) is 0 Å². The lowest BCUT2D eigenvalue weighted by atomic mass is 9.82. The summed E-state index contributed by atoms with van der Waals surface area (Å²) >= 11 is 0. The predicted molar refractivity (Wildman–Crippen MR) is 606 cm³/mol. The Hall–Kier alpha value is -18.1. The molecule has 0 saturated heterocycles. The van der Waals surface area contributed by atoms with Gasteiger partial charge < -0.3 is 28.4 Å². The Morgan fingerprint density at radius 3 is 0.727 bits per heavy atom. The fraction of sp³-hybridized carbons (Fsp3) is 0.0511. The van der Waals surface area contributed by atoms with E-state index in [9.17, 15) is 0 Å². The Morgan fingerprint density at radius 1 is 0.168 bits per heavy atom. The summed E-state index contributed by atoms with van der Waals surface area (Å²) in [7, 11) is 0. The summed E-state index contributed by atoms with van der Waals surface area (Å²) in [6, 6.07) is 192. The van der Waals surface area contributed by atoms with Gasteiger partial charge in [-0.2, -0.15) is 0 Å². The average Bonchev–Trinajstić information content (AvgIpc) is 1.57. The van der Waals surface area contributed by atoms with E-state index in [4.69, 9.17) is 0 Å². The van der Waals surface area contributed by atoms with Crippen LogP contribution in [-0.4, -0.2) is 13.7 Å². The fourth-order valence-corrected chi connectivity index (χ4v) is 22.5. The van der Waals surface area contributed by atoms with E-state index in [1.165, 1.54) is 194 Å². The van der Waals surface area contributed by atoms with Gasteiger partial charge in [-0.05, 0) is 266 Å². The fourth-order valence-electron chi connectivity index (χ4n) is 22.5. The van der Waals surface area contributed by atoms with Crippen LogP contribution in [0.2, 0.25) is 0 Å². The van der Waals surface area contributed by atoms with E-state index in [0.29, 0.717) is 0 Å². The van der Waals surface area contributed by atoms with E-state index >= 15 is 0 Å². The Morgan fingerprint density at radius 2 is 0.399 bits per heavy atom. The van der Waals surface area contributed by atoms with Crippen molar-refractivity contribution in [3.63, 3.8) is 0 Å². The number of benzene rings is 22. The van der Waals surface area contributed by atoms with Gasteiger partial charge in [-0.3, -0.25) is 0 Å². The topological polar surface area (TPSA) is 24.5 Å². The molecule has 27 rings (SSSR count). The highest BCUT2D eigenvalue weighted by molar-refractivity contribution is 6.14. The van der Waals surface area contributed by atoms with Crippen molar-refractivity contribution in [2.75, 3.05) is 14.7 Å². The average molecular weight is 1830 g/mol. The van der Waals surface area contributed by atoms with Crippen LogP contribution in [-0.2, 0) is 10.8 Å². The molecule has 22 aromatic carbocycles. The maximum absolute atomic E-state index is 2.43. The second kappa shape index (κ2) is 36.0. The van der Waals surface area contributed by atoms with Crippen molar-refractivity contribution in [3.8, 4) is 83.8 Å². The van der Waals surface area contributed by atoms with Crippen molar-refractivity contribution >= 4 is 127 Å². The summed E-state index contributed by atoms with van der Waals surface area (Å²) in [4.78, 5) is 7.12. The van der Waals surface area contributed by atoms with Gasteiger partial charge in [-0.1, -0.05) is 391 Å². The third-order valence-electron chi connectivity index (χ3n) is 29.7. The first-order valence-corrected chi connectivity index (χ1v) is 49.6. The van der Waals surface area contributed by atoms with E-state index in [-0.39, 0.29) is 10.8 Å². The first-order valence-electron chi connectivity index (χ1n) is 49.6. The number of rotatable bonds is 16. The van der Waals surface area contributed by atoms with E-state index in [1.54, 1.807) is 0 Å². The van der Waals surface area contributed by atoms with Crippen LogP contribution in [0.1, 0.15) is 55.5 Å². The van der Waals surface area contributed by atoms with Crippen molar-refractivity contribution in [2.45, 2.75) is 45.4 Å². The predicted octanol–water partition coefficient (Wildman–Crippen LogP) is 37.5. The van der Waals surface area contributed by atoms with Crippen LogP contribution in [0.15, 0.2) is 528 Å². The van der Waals surface area contributed by atoms with Crippen LogP contribution in [0.3, 0.4) is 0 Å². The zero-order valence-electron chi connectivity index (χ0n) is 80.4. The Labute approximate surface area is 834 Å². The van der Waals surface area contributed by atoms with Gasteiger partial charge in [0.25, 0.3) is 0 Å². The van der Waals surface area contributed by atoms with Crippen molar-refractivity contribution in [3.05, 3.63) is 556 Å². The molecule has 0 aliphatic heterocycles. The smallest absolute Gasteiger partial charge is 0.0542 e. The Balaban J connectivity index is 0.000000116. The number of anilines is 9. The number of fused-ring (bicyclic) bond motifs is 16. The lowest BCUT2D eigenvalue weighted by molar-refractivity contribution is 0.660. The Bertz CT molecular complexity index is 8770. The molecule has 0 bridgehead atoms. The summed E-state index contributed by atoms with van der Waals surface area (Å²) in [5, 5.41) is 10.0. The van der Waals surface area contributed by atoms with Gasteiger partial charge in [0.15, 0.2) is 0 Å². The molecule has 0 N–H and O–H groups in total. The minimum absolute atomic E-state index is 0.144. The summed E-state index contributed by atoms with van der Waals surface area (Å²) in [5.74, 6) is 0. The molecule has 25 aromatic rings. The zero-order chi connectivity index (χ0) is 95.8. The maximum atomic E-state index is 2.43. The third kappa shape index (κ3) is 15.4. The van der Waals surface area contributed by atoms with Gasteiger partial charge in [-0.15, -0.1) is 0 Å². The molecule has 0 amide bonds. The summed E-state index contributed by atoms with van der Waals surface area (Å²) < 4.78 is 7.27. The molecule has 2 aliphatic rings. The second-order valence-corrected chi connectivity index (χ2v) is 38.8. The van der Waals surface area contributed by atoms with Gasteiger partial charge in [0.05, 0.1) is 44.5 Å². The van der Waals surface area contributed by atoms with Crippen LogP contribution >= 0.6 is 0 Å². The number of aryl methyl sites for hydroxylation is 1. The zero-order valence-corrected chi connectivity index (χ0v) is 80.4. The number of para-hydroxylation sites is 9. The van der Waals surface area contributed by atoms with Gasteiger partial charge in [-0.25, -0.2) is 0 Å². The molecule has 0 radical (unpaired) electrons. The largest absolute Gasteiger partial charge is 0.310 e.